The Bertz CT molecular complexity index is 777. The van der Waals surface area contributed by atoms with Gasteiger partial charge in [-0.25, -0.2) is 0 Å². The van der Waals surface area contributed by atoms with Crippen molar-refractivity contribution in [1.82, 2.24) is 4.90 Å². The van der Waals surface area contributed by atoms with Gasteiger partial charge in [0.05, 0.1) is 6.04 Å². The number of ether oxygens (including phenoxy) is 2. The molecule has 0 N–H and O–H groups in total. The predicted molar refractivity (Wildman–Crippen MR) is 99.6 cm³/mol. The van der Waals surface area contributed by atoms with Gasteiger partial charge in [-0.3, -0.25) is 4.79 Å². The highest BCUT2D eigenvalue weighted by molar-refractivity contribution is 14.1. The first kappa shape index (κ1) is 15.7. The first-order valence-electron chi connectivity index (χ1n) is 8.18. The van der Waals surface area contributed by atoms with Crippen molar-refractivity contribution >= 4 is 28.5 Å². The monoisotopic (exact) mass is 435 g/mol. The van der Waals surface area contributed by atoms with Gasteiger partial charge >= 0.3 is 0 Å². The molecule has 4 rings (SSSR count). The Morgan fingerprint density at radius 3 is 2.75 bits per heavy atom. The van der Waals surface area contributed by atoms with Crippen molar-refractivity contribution in [1.29, 1.82) is 0 Å². The van der Waals surface area contributed by atoms with Crippen LogP contribution in [0.1, 0.15) is 34.8 Å². The van der Waals surface area contributed by atoms with E-state index in [1.54, 1.807) is 0 Å². The summed E-state index contributed by atoms with van der Waals surface area (Å²) in [5, 5.41) is 0. The van der Waals surface area contributed by atoms with Crippen molar-refractivity contribution in [2.24, 2.45) is 0 Å². The molecule has 0 unspecified atom stereocenters. The van der Waals surface area contributed by atoms with E-state index in [0.717, 1.165) is 45.6 Å². The first-order valence-corrected chi connectivity index (χ1v) is 9.26. The van der Waals surface area contributed by atoms with E-state index in [-0.39, 0.29) is 11.9 Å². The smallest absolute Gasteiger partial charge is 0.254 e. The van der Waals surface area contributed by atoms with Crippen LogP contribution in [0.4, 0.5) is 0 Å². The number of fused-ring (bicyclic) bond motifs is 1. The van der Waals surface area contributed by atoms with Gasteiger partial charge in [-0.1, -0.05) is 12.1 Å². The zero-order valence-electron chi connectivity index (χ0n) is 13.2. The normalized spacial score (nSPS) is 19.4. The van der Waals surface area contributed by atoms with Gasteiger partial charge in [-0.05, 0) is 71.3 Å². The second-order valence-electron chi connectivity index (χ2n) is 6.07. The van der Waals surface area contributed by atoms with Crippen molar-refractivity contribution < 1.29 is 14.3 Å². The van der Waals surface area contributed by atoms with E-state index in [9.17, 15) is 4.79 Å². The van der Waals surface area contributed by atoms with E-state index in [0.29, 0.717) is 13.2 Å². The number of nitrogens with zero attached hydrogens (tertiary/aromatic N) is 1. The maximum atomic E-state index is 12.9. The van der Waals surface area contributed by atoms with Gasteiger partial charge in [-0.15, -0.1) is 0 Å². The summed E-state index contributed by atoms with van der Waals surface area (Å²) in [6.07, 6.45) is 2.00. The van der Waals surface area contributed by atoms with Gasteiger partial charge in [0.15, 0.2) is 11.5 Å². The van der Waals surface area contributed by atoms with E-state index in [4.69, 9.17) is 9.47 Å². The van der Waals surface area contributed by atoms with Gasteiger partial charge in [-0.2, -0.15) is 0 Å². The standard InChI is InChI=1S/C19H18INO3/c20-15-4-1-3-14(11-15)19(22)21-8-2-5-16(21)13-6-7-17-18(12-13)24-10-9-23-17/h1,3-4,6-7,11-12,16H,2,5,8-10H2/t16-/m1/s1. The van der Waals surface area contributed by atoms with Crippen LogP contribution in [-0.2, 0) is 0 Å². The lowest BCUT2D eigenvalue weighted by atomic mass is 10.0. The topological polar surface area (TPSA) is 38.8 Å². The summed E-state index contributed by atoms with van der Waals surface area (Å²) < 4.78 is 12.4. The van der Waals surface area contributed by atoms with Crippen LogP contribution in [-0.4, -0.2) is 30.6 Å². The lowest BCUT2D eigenvalue weighted by Gasteiger charge is -2.27. The third kappa shape index (κ3) is 2.97. The highest BCUT2D eigenvalue weighted by Gasteiger charge is 2.31. The molecule has 24 heavy (non-hydrogen) atoms. The summed E-state index contributed by atoms with van der Waals surface area (Å²) in [6.45, 7) is 1.96. The first-order chi connectivity index (χ1) is 11.7. The molecule has 1 amide bonds. The molecule has 124 valence electrons. The number of halogens is 1. The number of rotatable bonds is 2. The Kier molecular flexibility index (Phi) is 4.35. The highest BCUT2D eigenvalue weighted by atomic mass is 127. The minimum atomic E-state index is 0.103. The minimum absolute atomic E-state index is 0.103. The summed E-state index contributed by atoms with van der Waals surface area (Å²) in [6, 6.07) is 13.9. The molecule has 2 heterocycles. The molecule has 5 heteroatoms. The van der Waals surface area contributed by atoms with Crippen LogP contribution in [0.5, 0.6) is 11.5 Å². The Morgan fingerprint density at radius 2 is 1.92 bits per heavy atom. The molecule has 0 aromatic heterocycles. The van der Waals surface area contributed by atoms with Crippen LogP contribution < -0.4 is 9.47 Å². The average Bonchev–Trinajstić information content (AvgIpc) is 3.10. The molecule has 2 aliphatic heterocycles. The third-order valence-corrected chi connectivity index (χ3v) is 5.21. The molecule has 0 aliphatic carbocycles. The minimum Gasteiger partial charge on any atom is -0.486 e. The van der Waals surface area contributed by atoms with Crippen molar-refractivity contribution in [3.05, 3.63) is 57.2 Å². The molecule has 1 fully saturated rings. The van der Waals surface area contributed by atoms with Gasteiger partial charge in [0.2, 0.25) is 0 Å². The number of hydrogen-bond donors (Lipinski definition) is 0. The number of likely N-dealkylation sites (tertiary alicyclic amines) is 1. The summed E-state index contributed by atoms with van der Waals surface area (Å²) in [5.74, 6) is 1.68. The van der Waals surface area contributed by atoms with Gasteiger partial charge in [0.25, 0.3) is 5.91 Å². The van der Waals surface area contributed by atoms with Crippen LogP contribution in [0.3, 0.4) is 0 Å². The lowest BCUT2D eigenvalue weighted by molar-refractivity contribution is 0.0735. The molecule has 2 aromatic rings. The number of carbonyl (C=O) groups excluding carboxylic acids is 1. The van der Waals surface area contributed by atoms with E-state index in [1.807, 2.05) is 41.3 Å². The lowest BCUT2D eigenvalue weighted by Crippen LogP contribution is -2.30. The Balaban J connectivity index is 1.62. The van der Waals surface area contributed by atoms with Crippen molar-refractivity contribution in [2.75, 3.05) is 19.8 Å². The molecular weight excluding hydrogens is 417 g/mol. The maximum Gasteiger partial charge on any atom is 0.254 e. The molecule has 0 bridgehead atoms. The molecule has 1 saturated heterocycles. The molecule has 2 aromatic carbocycles. The fourth-order valence-corrected chi connectivity index (χ4v) is 3.95. The number of carbonyl (C=O) groups is 1. The van der Waals surface area contributed by atoms with E-state index < -0.39 is 0 Å². The number of hydrogen-bond acceptors (Lipinski definition) is 3. The Morgan fingerprint density at radius 1 is 1.08 bits per heavy atom. The van der Waals surface area contributed by atoms with Gasteiger partial charge < -0.3 is 14.4 Å². The van der Waals surface area contributed by atoms with Crippen molar-refractivity contribution in [3.8, 4) is 11.5 Å². The van der Waals surface area contributed by atoms with Crippen LogP contribution in [0, 0.1) is 3.57 Å². The second-order valence-corrected chi connectivity index (χ2v) is 7.32. The zero-order valence-corrected chi connectivity index (χ0v) is 15.4. The van der Waals surface area contributed by atoms with E-state index in [2.05, 4.69) is 28.7 Å². The second kappa shape index (κ2) is 6.63. The summed E-state index contributed by atoms with van der Waals surface area (Å²) in [4.78, 5) is 14.9. The SMILES string of the molecule is O=C(c1cccc(I)c1)N1CCC[C@@H]1c1ccc2c(c1)OCCO2. The van der Waals surface area contributed by atoms with Crippen molar-refractivity contribution in [3.63, 3.8) is 0 Å². The molecule has 2 aliphatic rings. The Labute approximate surface area is 154 Å². The van der Waals surface area contributed by atoms with Crippen LogP contribution >= 0.6 is 22.6 Å². The molecule has 4 nitrogen and oxygen atoms in total. The maximum absolute atomic E-state index is 12.9. The quantitative estimate of drug-likeness (QED) is 0.669. The summed E-state index contributed by atoms with van der Waals surface area (Å²) in [7, 11) is 0. The number of benzene rings is 2. The molecular formula is C19H18INO3. The molecule has 0 radical (unpaired) electrons. The Hall–Kier alpha value is -1.76. The van der Waals surface area contributed by atoms with Crippen LogP contribution in [0.15, 0.2) is 42.5 Å². The van der Waals surface area contributed by atoms with Gasteiger partial charge in [0, 0.05) is 15.7 Å². The largest absolute Gasteiger partial charge is 0.486 e. The fourth-order valence-electron chi connectivity index (χ4n) is 3.41. The third-order valence-electron chi connectivity index (χ3n) is 4.54. The van der Waals surface area contributed by atoms with Crippen LogP contribution in [0.25, 0.3) is 0 Å². The summed E-state index contributed by atoms with van der Waals surface area (Å²) >= 11 is 2.24. The van der Waals surface area contributed by atoms with Crippen molar-refractivity contribution in [2.45, 2.75) is 18.9 Å². The summed E-state index contributed by atoms with van der Waals surface area (Å²) in [5.41, 5.74) is 1.88. The molecule has 1 atom stereocenters. The van der Waals surface area contributed by atoms with Gasteiger partial charge in [0.1, 0.15) is 13.2 Å². The zero-order chi connectivity index (χ0) is 16.5. The highest BCUT2D eigenvalue weighted by Crippen LogP contribution is 2.38. The molecule has 0 saturated carbocycles. The predicted octanol–water partition coefficient (Wildman–Crippen LogP) is 4.04. The fraction of sp³-hybridized carbons (Fsp3) is 0.316. The number of amides is 1. The van der Waals surface area contributed by atoms with E-state index in [1.165, 1.54) is 0 Å². The molecule has 0 spiro atoms. The van der Waals surface area contributed by atoms with Crippen LogP contribution in [0.2, 0.25) is 0 Å². The van der Waals surface area contributed by atoms with E-state index >= 15 is 0 Å². The average molecular weight is 435 g/mol.